The molecule has 1 fully saturated rings. The molecule has 0 saturated heterocycles. The third kappa shape index (κ3) is 2.64. The van der Waals surface area contributed by atoms with Crippen molar-refractivity contribution in [2.24, 2.45) is 5.16 Å². The van der Waals surface area contributed by atoms with Gasteiger partial charge in [-0.05, 0) is 45.2 Å². The highest BCUT2D eigenvalue weighted by Gasteiger charge is 2.27. The van der Waals surface area contributed by atoms with Gasteiger partial charge in [0.25, 0.3) is 0 Å². The molecule has 1 saturated carbocycles. The van der Waals surface area contributed by atoms with Gasteiger partial charge in [0.1, 0.15) is 11.9 Å². The molecule has 2 N–H and O–H groups in total. The summed E-state index contributed by atoms with van der Waals surface area (Å²) in [5.74, 6) is 0.668. The lowest BCUT2D eigenvalue weighted by molar-refractivity contribution is 0.0602. The van der Waals surface area contributed by atoms with Crippen molar-refractivity contribution in [1.82, 2.24) is 0 Å². The topological polar surface area (TPSA) is 62.1 Å². The van der Waals surface area contributed by atoms with Crippen LogP contribution >= 0.6 is 0 Å². The Bertz CT molecular complexity index is 456. The van der Waals surface area contributed by atoms with Crippen LogP contribution in [0.5, 0.6) is 5.75 Å². The van der Waals surface area contributed by atoms with Crippen LogP contribution in [0.25, 0.3) is 0 Å². The number of ether oxygens (including phenoxy) is 1. The number of aliphatic hydroxyl groups is 1. The summed E-state index contributed by atoms with van der Waals surface area (Å²) in [7, 11) is 0. The van der Waals surface area contributed by atoms with E-state index in [9.17, 15) is 5.11 Å². The molecule has 1 aliphatic carbocycles. The summed E-state index contributed by atoms with van der Waals surface area (Å²) >= 11 is 0. The minimum absolute atomic E-state index is 0.155. The maximum atomic E-state index is 9.79. The van der Waals surface area contributed by atoms with E-state index < -0.39 is 6.10 Å². The van der Waals surface area contributed by atoms with Gasteiger partial charge >= 0.3 is 0 Å². The summed E-state index contributed by atoms with van der Waals surface area (Å²) < 4.78 is 5.85. The van der Waals surface area contributed by atoms with Gasteiger partial charge in [0.05, 0.1) is 11.8 Å². The highest BCUT2D eigenvalue weighted by molar-refractivity contribution is 6.00. The summed E-state index contributed by atoms with van der Waals surface area (Å²) in [5, 5.41) is 21.9. The first-order valence-corrected chi connectivity index (χ1v) is 6.26. The molecular formula is C14H19NO3. The van der Waals surface area contributed by atoms with Crippen LogP contribution < -0.4 is 4.74 Å². The highest BCUT2D eigenvalue weighted by Crippen LogP contribution is 2.28. The van der Waals surface area contributed by atoms with Gasteiger partial charge in [-0.3, -0.25) is 0 Å². The number of rotatable bonds is 3. The molecule has 0 aromatic heterocycles. The van der Waals surface area contributed by atoms with Gasteiger partial charge in [-0.15, -0.1) is 0 Å². The molecular weight excluding hydrogens is 230 g/mol. The van der Waals surface area contributed by atoms with Crippen LogP contribution in [0.1, 0.15) is 37.3 Å². The second-order valence-electron chi connectivity index (χ2n) is 4.84. The molecule has 98 valence electrons. The van der Waals surface area contributed by atoms with Crippen molar-refractivity contribution in [3.63, 3.8) is 0 Å². The van der Waals surface area contributed by atoms with Crippen LogP contribution in [0.15, 0.2) is 23.4 Å². The van der Waals surface area contributed by atoms with Gasteiger partial charge in [0, 0.05) is 5.56 Å². The van der Waals surface area contributed by atoms with Gasteiger partial charge in [0.2, 0.25) is 0 Å². The number of hydrogen-bond donors (Lipinski definition) is 2. The third-order valence-corrected chi connectivity index (χ3v) is 3.37. The summed E-state index contributed by atoms with van der Waals surface area (Å²) in [6.45, 7) is 3.70. The fourth-order valence-electron chi connectivity index (χ4n) is 2.29. The largest absolute Gasteiger partial charge is 0.487 e. The number of aliphatic hydroxyl groups excluding tert-OH is 1. The van der Waals surface area contributed by atoms with Gasteiger partial charge in [0.15, 0.2) is 0 Å². The minimum atomic E-state index is -0.398. The molecule has 2 atom stereocenters. The Morgan fingerprint density at radius 3 is 2.78 bits per heavy atom. The van der Waals surface area contributed by atoms with E-state index in [0.29, 0.717) is 11.5 Å². The van der Waals surface area contributed by atoms with Gasteiger partial charge in [-0.2, -0.15) is 0 Å². The molecule has 0 bridgehead atoms. The predicted octanol–water partition coefficient (Wildman–Crippen LogP) is 2.49. The minimum Gasteiger partial charge on any atom is -0.487 e. The molecule has 1 aliphatic rings. The average Bonchev–Trinajstić information content (AvgIpc) is 2.76. The van der Waals surface area contributed by atoms with E-state index >= 15 is 0 Å². The zero-order chi connectivity index (χ0) is 13.1. The smallest absolute Gasteiger partial charge is 0.129 e. The van der Waals surface area contributed by atoms with E-state index in [2.05, 4.69) is 5.16 Å². The zero-order valence-corrected chi connectivity index (χ0v) is 10.8. The summed E-state index contributed by atoms with van der Waals surface area (Å²) in [6.07, 6.45) is 2.09. The van der Waals surface area contributed by atoms with Crippen LogP contribution in [0.3, 0.4) is 0 Å². The molecule has 0 amide bonds. The number of hydrogen-bond acceptors (Lipinski definition) is 4. The molecule has 2 unspecified atom stereocenters. The Kier molecular flexibility index (Phi) is 3.87. The van der Waals surface area contributed by atoms with Crippen molar-refractivity contribution in [3.05, 3.63) is 29.3 Å². The van der Waals surface area contributed by atoms with Crippen LogP contribution in [0, 0.1) is 6.92 Å². The Balaban J connectivity index is 2.26. The Hall–Kier alpha value is -1.55. The number of oxime groups is 1. The number of benzene rings is 1. The van der Waals surface area contributed by atoms with E-state index in [1.165, 1.54) is 0 Å². The van der Waals surface area contributed by atoms with Crippen LogP contribution in [-0.2, 0) is 0 Å². The molecule has 1 aromatic carbocycles. The first-order valence-electron chi connectivity index (χ1n) is 6.26. The summed E-state index contributed by atoms with van der Waals surface area (Å²) in [6, 6.07) is 5.74. The van der Waals surface area contributed by atoms with E-state index in [4.69, 9.17) is 9.94 Å². The average molecular weight is 249 g/mol. The molecule has 2 rings (SSSR count). The first kappa shape index (κ1) is 12.9. The Labute approximate surface area is 107 Å². The van der Waals surface area contributed by atoms with Crippen molar-refractivity contribution < 1.29 is 15.1 Å². The molecule has 4 heteroatoms. The molecule has 4 nitrogen and oxygen atoms in total. The Morgan fingerprint density at radius 2 is 2.17 bits per heavy atom. The fraction of sp³-hybridized carbons (Fsp3) is 0.500. The summed E-state index contributed by atoms with van der Waals surface area (Å²) in [4.78, 5) is 0. The molecule has 18 heavy (non-hydrogen) atoms. The second kappa shape index (κ2) is 5.40. The normalized spacial score (nSPS) is 24.3. The van der Waals surface area contributed by atoms with E-state index in [1.54, 1.807) is 6.92 Å². The molecule has 0 radical (unpaired) electrons. The van der Waals surface area contributed by atoms with Crippen molar-refractivity contribution in [2.75, 3.05) is 0 Å². The zero-order valence-electron chi connectivity index (χ0n) is 10.8. The monoisotopic (exact) mass is 249 g/mol. The standard InChI is InChI=1S/C14H19NO3/c1-9-6-7-13(11(8-9)10(2)15-17)18-14-5-3-4-12(14)16/h6-8,12,14,16-17H,3-5H2,1-2H3/b15-10+. The van der Waals surface area contributed by atoms with Crippen LogP contribution in [0.2, 0.25) is 0 Å². The van der Waals surface area contributed by atoms with Crippen molar-refractivity contribution in [2.45, 2.75) is 45.3 Å². The molecule has 0 heterocycles. The Morgan fingerprint density at radius 1 is 1.39 bits per heavy atom. The maximum Gasteiger partial charge on any atom is 0.129 e. The van der Waals surface area contributed by atoms with Crippen molar-refractivity contribution in [3.8, 4) is 5.75 Å². The molecule has 0 aliphatic heterocycles. The summed E-state index contributed by atoms with van der Waals surface area (Å²) in [5.41, 5.74) is 2.37. The second-order valence-corrected chi connectivity index (χ2v) is 4.84. The lowest BCUT2D eigenvalue weighted by Crippen LogP contribution is -2.26. The van der Waals surface area contributed by atoms with Crippen LogP contribution in [-0.4, -0.2) is 28.2 Å². The predicted molar refractivity (Wildman–Crippen MR) is 69.5 cm³/mol. The molecule has 0 spiro atoms. The third-order valence-electron chi connectivity index (χ3n) is 3.37. The van der Waals surface area contributed by atoms with Gasteiger partial charge in [-0.1, -0.05) is 16.8 Å². The lowest BCUT2D eigenvalue weighted by atomic mass is 10.1. The van der Waals surface area contributed by atoms with E-state index in [0.717, 1.165) is 30.4 Å². The quantitative estimate of drug-likeness (QED) is 0.491. The van der Waals surface area contributed by atoms with E-state index in [-0.39, 0.29) is 6.10 Å². The van der Waals surface area contributed by atoms with Gasteiger partial charge < -0.3 is 15.1 Å². The number of nitrogens with zero attached hydrogens (tertiary/aromatic N) is 1. The fourth-order valence-corrected chi connectivity index (χ4v) is 2.29. The maximum absolute atomic E-state index is 9.79. The number of aryl methyl sites for hydroxylation is 1. The van der Waals surface area contributed by atoms with Crippen LogP contribution in [0.4, 0.5) is 0 Å². The van der Waals surface area contributed by atoms with E-state index in [1.807, 2.05) is 25.1 Å². The molecule has 1 aromatic rings. The van der Waals surface area contributed by atoms with Gasteiger partial charge in [-0.25, -0.2) is 0 Å². The SMILES string of the molecule is C/C(=N\O)c1cc(C)ccc1OC1CCCC1O. The lowest BCUT2D eigenvalue weighted by Gasteiger charge is -2.19. The van der Waals surface area contributed by atoms with Crippen molar-refractivity contribution in [1.29, 1.82) is 0 Å². The highest BCUT2D eigenvalue weighted by atomic mass is 16.5. The first-order chi connectivity index (χ1) is 8.61. The van der Waals surface area contributed by atoms with Crippen molar-refractivity contribution >= 4 is 5.71 Å².